The van der Waals surface area contributed by atoms with Crippen molar-refractivity contribution in [1.82, 2.24) is 19.8 Å². The highest BCUT2D eigenvalue weighted by Crippen LogP contribution is 2.23. The maximum atomic E-state index is 12.3. The number of hydrogen-bond donors (Lipinski definition) is 2. The zero-order chi connectivity index (χ0) is 22.0. The molecule has 0 bridgehead atoms. The predicted octanol–water partition coefficient (Wildman–Crippen LogP) is 3.06. The van der Waals surface area contributed by atoms with Gasteiger partial charge in [0.15, 0.2) is 5.96 Å². The van der Waals surface area contributed by atoms with Crippen LogP contribution in [0.4, 0.5) is 0 Å². The van der Waals surface area contributed by atoms with Crippen molar-refractivity contribution in [1.29, 1.82) is 0 Å². The van der Waals surface area contributed by atoms with E-state index in [0.717, 1.165) is 32.5 Å². The fourth-order valence-corrected chi connectivity index (χ4v) is 5.27. The maximum Gasteiger partial charge on any atom is 0.215 e. The van der Waals surface area contributed by atoms with Crippen LogP contribution in [-0.4, -0.2) is 74.6 Å². The lowest BCUT2D eigenvalue weighted by atomic mass is 10.0. The molecule has 7 nitrogen and oxygen atoms in total. The van der Waals surface area contributed by atoms with E-state index in [2.05, 4.69) is 57.8 Å². The van der Waals surface area contributed by atoms with Crippen LogP contribution in [0.15, 0.2) is 35.3 Å². The Morgan fingerprint density at radius 1 is 1.16 bits per heavy atom. The Kier molecular flexibility index (Phi) is 13.0. The lowest BCUT2D eigenvalue weighted by Gasteiger charge is -2.37. The van der Waals surface area contributed by atoms with Crippen LogP contribution in [0.1, 0.15) is 52.1 Å². The number of benzene rings is 1. The van der Waals surface area contributed by atoms with Crippen LogP contribution in [0.2, 0.25) is 0 Å². The number of halogens is 1. The zero-order valence-electron chi connectivity index (χ0n) is 19.4. The highest BCUT2D eigenvalue weighted by molar-refractivity contribution is 14.0. The molecule has 2 rings (SSSR count). The smallest absolute Gasteiger partial charge is 0.215 e. The van der Waals surface area contributed by atoms with Crippen LogP contribution >= 0.6 is 24.0 Å². The molecular formula is C22H40IN5O2S. The van der Waals surface area contributed by atoms with Crippen molar-refractivity contribution in [2.45, 2.75) is 52.6 Å². The van der Waals surface area contributed by atoms with Gasteiger partial charge in [0.05, 0.1) is 12.3 Å². The Hall–Kier alpha value is -0.910. The van der Waals surface area contributed by atoms with Crippen LogP contribution in [0.5, 0.6) is 0 Å². The minimum Gasteiger partial charge on any atom is -0.357 e. The molecule has 31 heavy (non-hydrogen) atoms. The summed E-state index contributed by atoms with van der Waals surface area (Å²) in [5.41, 5.74) is 1.35. The van der Waals surface area contributed by atoms with Gasteiger partial charge in [-0.1, -0.05) is 44.2 Å². The van der Waals surface area contributed by atoms with E-state index in [4.69, 9.17) is 0 Å². The van der Waals surface area contributed by atoms with Gasteiger partial charge >= 0.3 is 0 Å². The van der Waals surface area contributed by atoms with Crippen molar-refractivity contribution in [3.8, 4) is 0 Å². The molecule has 0 aromatic heterocycles. The fourth-order valence-electron chi connectivity index (χ4n) is 3.91. The summed E-state index contributed by atoms with van der Waals surface area (Å²) >= 11 is 0. The molecule has 1 aromatic rings. The number of guanidine groups is 1. The molecule has 1 atom stereocenters. The van der Waals surface area contributed by atoms with Crippen molar-refractivity contribution < 1.29 is 8.42 Å². The molecule has 9 heteroatoms. The third-order valence-corrected chi connectivity index (χ3v) is 7.76. The van der Waals surface area contributed by atoms with Crippen molar-refractivity contribution in [3.05, 3.63) is 35.9 Å². The summed E-state index contributed by atoms with van der Waals surface area (Å²) in [5, 5.41) is 6.75. The first-order valence-electron chi connectivity index (χ1n) is 11.2. The third kappa shape index (κ3) is 8.86. The minimum absolute atomic E-state index is 0. The molecule has 1 unspecified atom stereocenters. The standard InChI is InChI=1S/C22H39N5O2S.HI/c1-5-23-22(24-15-18-30(28,29)27(6-2)7-3)25-21-13-16-26(17-14-21)19(4)20-11-9-8-10-12-20;/h8-12,19,21H,5-7,13-18H2,1-4H3,(H2,23,24,25);1H. The molecule has 1 aliphatic rings. The number of nitrogens with one attached hydrogen (secondary N) is 2. The van der Waals surface area contributed by atoms with Gasteiger partial charge in [-0.2, -0.15) is 0 Å². The summed E-state index contributed by atoms with van der Waals surface area (Å²) in [6, 6.07) is 11.4. The van der Waals surface area contributed by atoms with Gasteiger partial charge in [-0.25, -0.2) is 12.7 Å². The quantitative estimate of drug-likeness (QED) is 0.259. The second kappa shape index (κ2) is 14.3. The van der Waals surface area contributed by atoms with Crippen LogP contribution in [0.25, 0.3) is 0 Å². The van der Waals surface area contributed by atoms with E-state index < -0.39 is 10.0 Å². The SMILES string of the molecule is CCNC(=NCCS(=O)(=O)N(CC)CC)NC1CCN(C(C)c2ccccc2)CC1.I. The number of nitrogens with zero attached hydrogens (tertiary/aromatic N) is 3. The molecule has 0 aliphatic carbocycles. The molecule has 2 N–H and O–H groups in total. The van der Waals surface area contributed by atoms with Gasteiger partial charge < -0.3 is 10.6 Å². The summed E-state index contributed by atoms with van der Waals surface area (Å²) in [4.78, 5) is 7.04. The van der Waals surface area contributed by atoms with Crippen LogP contribution in [-0.2, 0) is 10.0 Å². The summed E-state index contributed by atoms with van der Waals surface area (Å²) in [6.45, 7) is 12.1. The molecule has 1 aliphatic heterocycles. The van der Waals surface area contributed by atoms with Gasteiger partial charge in [-0.3, -0.25) is 9.89 Å². The maximum absolute atomic E-state index is 12.3. The van der Waals surface area contributed by atoms with E-state index >= 15 is 0 Å². The van der Waals surface area contributed by atoms with Gasteiger partial charge in [-0.15, -0.1) is 24.0 Å². The van der Waals surface area contributed by atoms with Gasteiger partial charge in [0.25, 0.3) is 0 Å². The number of likely N-dealkylation sites (tertiary alicyclic amines) is 1. The number of aliphatic imine (C=N–C) groups is 1. The molecule has 1 aromatic carbocycles. The molecule has 0 amide bonds. The van der Waals surface area contributed by atoms with Crippen LogP contribution in [0, 0.1) is 0 Å². The lowest BCUT2D eigenvalue weighted by molar-refractivity contribution is 0.158. The third-order valence-electron chi connectivity index (χ3n) is 5.76. The van der Waals surface area contributed by atoms with Gasteiger partial charge in [-0.05, 0) is 32.3 Å². The number of piperidine rings is 1. The Morgan fingerprint density at radius 2 is 1.77 bits per heavy atom. The van der Waals surface area contributed by atoms with Crippen LogP contribution < -0.4 is 10.6 Å². The average molecular weight is 566 g/mol. The summed E-state index contributed by atoms with van der Waals surface area (Å²) < 4.78 is 26.2. The monoisotopic (exact) mass is 565 g/mol. The first-order chi connectivity index (χ1) is 14.4. The van der Waals surface area contributed by atoms with Gasteiger partial charge in [0.1, 0.15) is 0 Å². The fraction of sp³-hybridized carbons (Fsp3) is 0.682. The average Bonchev–Trinajstić information content (AvgIpc) is 2.75. The number of rotatable bonds is 10. The number of sulfonamides is 1. The van der Waals surface area contributed by atoms with Crippen molar-refractivity contribution in [3.63, 3.8) is 0 Å². The van der Waals surface area contributed by atoms with E-state index in [0.29, 0.717) is 31.1 Å². The Balaban J connectivity index is 0.00000480. The molecule has 0 saturated carbocycles. The van der Waals surface area contributed by atoms with Crippen molar-refractivity contribution in [2.24, 2.45) is 4.99 Å². The van der Waals surface area contributed by atoms with Gasteiger partial charge in [0.2, 0.25) is 10.0 Å². The zero-order valence-corrected chi connectivity index (χ0v) is 22.5. The molecule has 1 heterocycles. The van der Waals surface area contributed by atoms with E-state index in [1.54, 1.807) is 0 Å². The van der Waals surface area contributed by atoms with Crippen molar-refractivity contribution in [2.75, 3.05) is 45.0 Å². The Labute approximate surface area is 206 Å². The largest absolute Gasteiger partial charge is 0.357 e. The normalized spacial score (nSPS) is 17.3. The van der Waals surface area contributed by atoms with Crippen molar-refractivity contribution >= 4 is 40.0 Å². The highest BCUT2D eigenvalue weighted by atomic mass is 127. The van der Waals surface area contributed by atoms with E-state index in [1.807, 2.05) is 20.8 Å². The number of hydrogen-bond acceptors (Lipinski definition) is 4. The Bertz CT molecular complexity index is 748. The van der Waals surface area contributed by atoms with Crippen LogP contribution in [0.3, 0.4) is 0 Å². The highest BCUT2D eigenvalue weighted by Gasteiger charge is 2.24. The first-order valence-corrected chi connectivity index (χ1v) is 12.8. The van der Waals surface area contributed by atoms with E-state index in [1.165, 1.54) is 9.87 Å². The first kappa shape index (κ1) is 28.1. The predicted molar refractivity (Wildman–Crippen MR) is 141 cm³/mol. The summed E-state index contributed by atoms with van der Waals surface area (Å²) in [6.07, 6.45) is 2.08. The molecular weight excluding hydrogens is 525 g/mol. The van der Waals surface area contributed by atoms with E-state index in [9.17, 15) is 8.42 Å². The Morgan fingerprint density at radius 3 is 2.32 bits per heavy atom. The summed E-state index contributed by atoms with van der Waals surface area (Å²) in [7, 11) is -3.25. The molecule has 0 spiro atoms. The second-order valence-electron chi connectivity index (χ2n) is 7.70. The molecule has 0 radical (unpaired) electrons. The molecule has 178 valence electrons. The second-order valence-corrected chi connectivity index (χ2v) is 9.79. The topological polar surface area (TPSA) is 77.0 Å². The molecule has 1 saturated heterocycles. The lowest BCUT2D eigenvalue weighted by Crippen LogP contribution is -2.49. The van der Waals surface area contributed by atoms with Gasteiger partial charge in [0, 0.05) is 44.8 Å². The summed E-state index contributed by atoms with van der Waals surface area (Å²) in [5.74, 6) is 0.750. The minimum atomic E-state index is -3.25. The molecule has 1 fully saturated rings. The van der Waals surface area contributed by atoms with E-state index in [-0.39, 0.29) is 36.3 Å².